The molecule has 0 aliphatic rings. The molecule has 0 amide bonds. The van der Waals surface area contributed by atoms with Gasteiger partial charge < -0.3 is 11.5 Å². The topological polar surface area (TPSA) is 109 Å². The van der Waals surface area contributed by atoms with Gasteiger partial charge in [-0.2, -0.15) is 36.9 Å². The van der Waals surface area contributed by atoms with E-state index in [0.29, 0.717) is 24.3 Å². The van der Waals surface area contributed by atoms with Crippen molar-refractivity contribution in [3.8, 4) is 23.5 Å². The summed E-state index contributed by atoms with van der Waals surface area (Å²) in [5, 5.41) is 17.8. The van der Waals surface area contributed by atoms with Crippen LogP contribution in [0.3, 0.4) is 0 Å². The third kappa shape index (κ3) is 5.93. The quantitative estimate of drug-likeness (QED) is 0.158. The van der Waals surface area contributed by atoms with E-state index in [-0.39, 0.29) is 64.0 Å². The summed E-state index contributed by atoms with van der Waals surface area (Å²) < 4.78 is 81.3. The van der Waals surface area contributed by atoms with Gasteiger partial charge in [0.25, 0.3) is 0 Å². The number of rotatable bonds is 5. The fraction of sp³-hybridized carbons (Fsp3) is 0.0833. The molecule has 0 fully saturated rings. The van der Waals surface area contributed by atoms with Gasteiger partial charge in [0.2, 0.25) is 0 Å². The maximum absolute atomic E-state index is 13.2. The summed E-state index contributed by atoms with van der Waals surface area (Å²) in [7, 11) is 1.75. The molecule has 0 aliphatic carbocycles. The van der Waals surface area contributed by atoms with Gasteiger partial charge in [-0.25, -0.2) is 0 Å². The fourth-order valence-corrected chi connectivity index (χ4v) is 7.52. The van der Waals surface area contributed by atoms with Crippen LogP contribution in [0.1, 0.15) is 22.3 Å². The Kier molecular flexibility index (Phi) is 8.82. The van der Waals surface area contributed by atoms with E-state index in [0.717, 1.165) is 30.7 Å². The van der Waals surface area contributed by atoms with E-state index in [9.17, 15) is 36.9 Å². The highest BCUT2D eigenvalue weighted by molar-refractivity contribution is 8.76. The maximum Gasteiger partial charge on any atom is 0.416 e. The Bertz CT molecular complexity index is 1640. The molecule has 42 heavy (non-hydrogen) atoms. The molecule has 218 valence electrons. The van der Waals surface area contributed by atoms with E-state index in [2.05, 4.69) is 0 Å². The second-order valence-electron chi connectivity index (χ2n) is 8.22. The van der Waals surface area contributed by atoms with Gasteiger partial charge in [0.15, 0.2) is 0 Å². The van der Waals surface area contributed by atoms with E-state index in [1.807, 2.05) is 12.1 Å². The zero-order valence-electron chi connectivity index (χ0n) is 20.0. The van der Waals surface area contributed by atoms with E-state index in [1.165, 1.54) is 12.4 Å². The molecule has 18 heteroatoms. The van der Waals surface area contributed by atoms with Crippen LogP contribution in [-0.4, -0.2) is 9.13 Å². The monoisotopic (exact) mass is 700 g/mol. The molecule has 4 aromatic rings. The molecule has 0 radical (unpaired) electrons. The molecule has 2 heterocycles. The Morgan fingerprint density at radius 1 is 0.619 bits per heavy atom. The van der Waals surface area contributed by atoms with E-state index < -0.39 is 23.5 Å². The van der Waals surface area contributed by atoms with Crippen LogP contribution in [0, 0.1) is 22.7 Å². The van der Waals surface area contributed by atoms with Gasteiger partial charge in [0.1, 0.15) is 23.8 Å². The largest absolute Gasteiger partial charge is 0.416 e. The fourth-order valence-electron chi connectivity index (χ4n) is 3.72. The van der Waals surface area contributed by atoms with Crippen molar-refractivity contribution in [2.75, 3.05) is 11.5 Å². The van der Waals surface area contributed by atoms with Crippen LogP contribution in [0.25, 0.3) is 11.4 Å². The van der Waals surface area contributed by atoms with Crippen molar-refractivity contribution in [3.63, 3.8) is 0 Å². The minimum atomic E-state index is -4.72. The number of anilines is 2. The number of alkyl halides is 6. The summed E-state index contributed by atoms with van der Waals surface area (Å²) in [5.41, 5.74) is 10.1. The van der Waals surface area contributed by atoms with Crippen LogP contribution < -0.4 is 11.5 Å². The van der Waals surface area contributed by atoms with E-state index >= 15 is 0 Å². The van der Waals surface area contributed by atoms with Gasteiger partial charge >= 0.3 is 12.4 Å². The van der Waals surface area contributed by atoms with Gasteiger partial charge in [-0.05, 0) is 45.9 Å². The third-order valence-electron chi connectivity index (χ3n) is 5.61. The Hall–Kier alpha value is -2.98. The van der Waals surface area contributed by atoms with Gasteiger partial charge in [0.05, 0.1) is 63.5 Å². The summed E-state index contributed by atoms with van der Waals surface area (Å²) >= 11 is 24.4. The highest BCUT2D eigenvalue weighted by Crippen LogP contribution is 2.49. The summed E-state index contributed by atoms with van der Waals surface area (Å²) in [6, 6.07) is 6.48. The number of hydrogen-bond donors (Lipinski definition) is 2. The Morgan fingerprint density at radius 2 is 0.905 bits per heavy atom. The maximum atomic E-state index is 13.2. The molecule has 0 spiro atoms. The molecule has 0 unspecified atom stereocenters. The van der Waals surface area contributed by atoms with Crippen LogP contribution in [0.5, 0.6) is 0 Å². The smallest absolute Gasteiger partial charge is 0.384 e. The number of benzene rings is 2. The second-order valence-corrected chi connectivity index (χ2v) is 12.0. The van der Waals surface area contributed by atoms with Crippen molar-refractivity contribution >= 4 is 79.6 Å². The first-order chi connectivity index (χ1) is 19.5. The Morgan fingerprint density at radius 3 is 1.14 bits per heavy atom. The van der Waals surface area contributed by atoms with Crippen molar-refractivity contribution in [2.45, 2.75) is 22.1 Å². The van der Waals surface area contributed by atoms with Gasteiger partial charge in [-0.3, -0.25) is 9.13 Å². The van der Waals surface area contributed by atoms with Crippen molar-refractivity contribution < 1.29 is 26.3 Å². The van der Waals surface area contributed by atoms with E-state index in [4.69, 9.17) is 57.9 Å². The van der Waals surface area contributed by atoms with Crippen LogP contribution in [-0.2, 0) is 12.4 Å². The molecule has 0 atom stereocenters. The average Bonchev–Trinajstić information content (AvgIpc) is 3.36. The standard InChI is InChI=1S/C24H10Cl4F6N6S2/c25-13-1-11(23(29,30)31)2-14(26)17(13)39-7-9(5-35)19(21(39)37)41-42-20-10(6-36)8-40(22(20)38)18-15(27)3-12(4-16(18)28)24(32,33)34/h1-4,7-8H,37-38H2. The van der Waals surface area contributed by atoms with E-state index in [1.54, 1.807) is 0 Å². The summed E-state index contributed by atoms with van der Waals surface area (Å²) in [6.45, 7) is 0. The van der Waals surface area contributed by atoms with Crippen LogP contribution in [0.4, 0.5) is 38.0 Å². The highest BCUT2D eigenvalue weighted by atomic mass is 35.5. The predicted octanol–water partition coefficient (Wildman–Crippen LogP) is 9.63. The zero-order valence-corrected chi connectivity index (χ0v) is 24.7. The molecule has 6 nitrogen and oxygen atoms in total. The predicted molar refractivity (Wildman–Crippen MR) is 152 cm³/mol. The number of nitriles is 2. The van der Waals surface area contributed by atoms with Crippen molar-refractivity contribution in [2.24, 2.45) is 0 Å². The lowest BCUT2D eigenvalue weighted by molar-refractivity contribution is -0.138. The lowest BCUT2D eigenvalue weighted by Crippen LogP contribution is -2.07. The Labute approximate surface area is 260 Å². The molecule has 0 aliphatic heterocycles. The average molecular weight is 702 g/mol. The molecular weight excluding hydrogens is 692 g/mol. The van der Waals surface area contributed by atoms with Crippen molar-refractivity contribution in [1.29, 1.82) is 10.5 Å². The molecule has 2 aromatic carbocycles. The number of nitrogen functional groups attached to an aromatic ring is 2. The number of nitrogens with zero attached hydrogens (tertiary/aromatic N) is 4. The Balaban J connectivity index is 1.74. The molecular formula is C24H10Cl4F6N6S2. The number of hydrogen-bond acceptors (Lipinski definition) is 6. The number of aromatic nitrogens is 2. The first kappa shape index (κ1) is 31.9. The third-order valence-corrected chi connectivity index (χ3v) is 9.29. The zero-order chi connectivity index (χ0) is 31.3. The lowest BCUT2D eigenvalue weighted by atomic mass is 10.2. The summed E-state index contributed by atoms with van der Waals surface area (Å²) in [5.74, 6) is -0.226. The second kappa shape index (κ2) is 11.6. The molecule has 4 rings (SSSR count). The minimum absolute atomic E-state index is 0.0117. The van der Waals surface area contributed by atoms with Gasteiger partial charge in [-0.1, -0.05) is 46.4 Å². The first-order valence-electron chi connectivity index (χ1n) is 10.8. The molecule has 0 saturated carbocycles. The minimum Gasteiger partial charge on any atom is -0.384 e. The summed E-state index contributed by atoms with van der Waals surface area (Å²) in [4.78, 5) is 0.271. The SMILES string of the molecule is N#Cc1cn(-c2c(Cl)cc(C(F)(F)F)cc2Cl)c(N)c1SSc1c(C#N)cn(-c2c(Cl)cc(C(F)(F)F)cc2Cl)c1N. The molecule has 4 N–H and O–H groups in total. The van der Waals surface area contributed by atoms with Gasteiger partial charge in [0, 0.05) is 12.4 Å². The number of halogens is 10. The van der Waals surface area contributed by atoms with Crippen LogP contribution in [0.15, 0.2) is 46.5 Å². The van der Waals surface area contributed by atoms with Crippen LogP contribution >= 0.6 is 68.0 Å². The first-order valence-corrected chi connectivity index (χ1v) is 14.4. The highest BCUT2D eigenvalue weighted by Gasteiger charge is 2.34. The lowest BCUT2D eigenvalue weighted by Gasteiger charge is -2.15. The van der Waals surface area contributed by atoms with Crippen molar-refractivity contribution in [3.05, 3.63) is 79.0 Å². The number of nitrogens with two attached hydrogens (primary N) is 2. The van der Waals surface area contributed by atoms with Crippen LogP contribution in [0.2, 0.25) is 20.1 Å². The van der Waals surface area contributed by atoms with Gasteiger partial charge in [-0.15, -0.1) is 0 Å². The molecule has 0 bridgehead atoms. The molecule has 0 saturated heterocycles. The van der Waals surface area contributed by atoms with Crippen molar-refractivity contribution in [1.82, 2.24) is 9.13 Å². The normalized spacial score (nSPS) is 11.9. The summed E-state index contributed by atoms with van der Waals surface area (Å²) in [6.07, 6.45) is -6.99. The molecule has 2 aromatic heterocycles.